The maximum atomic E-state index is 9.77. The highest BCUT2D eigenvalue weighted by molar-refractivity contribution is 5.81. The van der Waals surface area contributed by atoms with Crippen LogP contribution in [-0.4, -0.2) is 5.11 Å². The topological polar surface area (TPSA) is 45.4 Å². The highest BCUT2D eigenvalue weighted by Crippen LogP contribution is 2.25. The molecule has 0 bridgehead atoms. The molecule has 1 unspecified atom stereocenters. The van der Waals surface area contributed by atoms with Crippen molar-refractivity contribution in [1.82, 2.24) is 0 Å². The van der Waals surface area contributed by atoms with E-state index < -0.39 is 6.10 Å². The van der Waals surface area contributed by atoms with Crippen LogP contribution in [-0.2, 0) is 6.54 Å². The molecule has 20 heavy (non-hydrogen) atoms. The Morgan fingerprint density at radius 2 is 1.85 bits per heavy atom. The smallest absolute Gasteiger partial charge is 0.134 e. The van der Waals surface area contributed by atoms with Crippen molar-refractivity contribution < 1.29 is 9.52 Å². The Balaban J connectivity index is 1.83. The average molecular weight is 267 g/mol. The number of furan rings is 1. The average Bonchev–Trinajstić information content (AvgIpc) is 2.88. The van der Waals surface area contributed by atoms with Gasteiger partial charge in [-0.3, -0.25) is 0 Å². The minimum Gasteiger partial charge on any atom is -0.464 e. The molecule has 102 valence electrons. The van der Waals surface area contributed by atoms with Crippen molar-refractivity contribution in [2.24, 2.45) is 0 Å². The van der Waals surface area contributed by atoms with Crippen molar-refractivity contribution in [1.29, 1.82) is 0 Å². The number of hydrogen-bond acceptors (Lipinski definition) is 3. The monoisotopic (exact) mass is 267 g/mol. The molecule has 1 aromatic heterocycles. The number of benzene rings is 2. The number of aliphatic hydroxyl groups is 1. The second-order valence-corrected chi connectivity index (χ2v) is 4.87. The van der Waals surface area contributed by atoms with Crippen molar-refractivity contribution in [2.75, 3.05) is 5.32 Å². The Labute approximate surface area is 117 Å². The molecule has 3 aromatic rings. The summed E-state index contributed by atoms with van der Waals surface area (Å²) >= 11 is 0. The minimum atomic E-state index is -0.486. The van der Waals surface area contributed by atoms with Gasteiger partial charge in [0.1, 0.15) is 5.58 Å². The largest absolute Gasteiger partial charge is 0.464 e. The van der Waals surface area contributed by atoms with E-state index in [9.17, 15) is 5.11 Å². The number of rotatable bonds is 4. The summed E-state index contributed by atoms with van der Waals surface area (Å²) in [5.41, 5.74) is 3.86. The summed E-state index contributed by atoms with van der Waals surface area (Å²) < 4.78 is 5.53. The van der Waals surface area contributed by atoms with Crippen LogP contribution in [0.15, 0.2) is 59.2 Å². The molecule has 3 nitrogen and oxygen atoms in total. The molecular weight excluding hydrogens is 250 g/mol. The fourth-order valence-electron chi connectivity index (χ4n) is 2.38. The first kappa shape index (κ1) is 12.8. The SMILES string of the molecule is CC(O)c1ccccc1NCc1coc2ccccc12. The third-order valence-electron chi connectivity index (χ3n) is 3.44. The second kappa shape index (κ2) is 5.39. The molecule has 1 heterocycles. The number of hydrogen-bond donors (Lipinski definition) is 2. The molecule has 0 aliphatic heterocycles. The first-order valence-corrected chi connectivity index (χ1v) is 6.71. The van der Waals surface area contributed by atoms with Crippen LogP contribution >= 0.6 is 0 Å². The lowest BCUT2D eigenvalue weighted by Gasteiger charge is -2.13. The molecule has 0 aliphatic rings. The van der Waals surface area contributed by atoms with Gasteiger partial charge in [-0.2, -0.15) is 0 Å². The van der Waals surface area contributed by atoms with Gasteiger partial charge in [0.05, 0.1) is 12.4 Å². The van der Waals surface area contributed by atoms with Crippen LogP contribution < -0.4 is 5.32 Å². The Morgan fingerprint density at radius 1 is 1.10 bits per heavy atom. The first-order chi connectivity index (χ1) is 9.75. The van der Waals surface area contributed by atoms with Gasteiger partial charge in [-0.25, -0.2) is 0 Å². The molecule has 0 amide bonds. The highest BCUT2D eigenvalue weighted by Gasteiger charge is 2.08. The third-order valence-corrected chi connectivity index (χ3v) is 3.44. The Morgan fingerprint density at radius 3 is 2.70 bits per heavy atom. The van der Waals surface area contributed by atoms with E-state index in [0.717, 1.165) is 27.8 Å². The lowest BCUT2D eigenvalue weighted by atomic mass is 10.1. The van der Waals surface area contributed by atoms with Gasteiger partial charge in [-0.1, -0.05) is 36.4 Å². The van der Waals surface area contributed by atoms with Gasteiger partial charge >= 0.3 is 0 Å². The van der Waals surface area contributed by atoms with Gasteiger partial charge in [-0.15, -0.1) is 0 Å². The molecule has 0 radical (unpaired) electrons. The van der Waals surface area contributed by atoms with Gasteiger partial charge in [0.15, 0.2) is 0 Å². The van der Waals surface area contributed by atoms with E-state index in [4.69, 9.17) is 4.42 Å². The van der Waals surface area contributed by atoms with Gasteiger partial charge in [0.2, 0.25) is 0 Å². The summed E-state index contributed by atoms with van der Waals surface area (Å²) in [5, 5.41) is 14.3. The molecule has 2 aromatic carbocycles. The van der Waals surface area contributed by atoms with Crippen LogP contribution in [0.25, 0.3) is 11.0 Å². The van der Waals surface area contributed by atoms with Crippen LogP contribution in [0.5, 0.6) is 0 Å². The summed E-state index contributed by atoms with van der Waals surface area (Å²) in [5.74, 6) is 0. The summed E-state index contributed by atoms with van der Waals surface area (Å²) in [7, 11) is 0. The normalized spacial score (nSPS) is 12.5. The third kappa shape index (κ3) is 2.40. The maximum Gasteiger partial charge on any atom is 0.134 e. The van der Waals surface area contributed by atoms with Crippen LogP contribution in [0.1, 0.15) is 24.2 Å². The van der Waals surface area contributed by atoms with Crippen molar-refractivity contribution in [3.8, 4) is 0 Å². The number of anilines is 1. The number of nitrogens with one attached hydrogen (secondary N) is 1. The first-order valence-electron chi connectivity index (χ1n) is 6.71. The van der Waals surface area contributed by atoms with Crippen LogP contribution in [0, 0.1) is 0 Å². The van der Waals surface area contributed by atoms with Gasteiger partial charge in [0, 0.05) is 28.7 Å². The fraction of sp³-hybridized carbons (Fsp3) is 0.176. The van der Waals surface area contributed by atoms with E-state index in [2.05, 4.69) is 11.4 Å². The number of aliphatic hydroxyl groups excluding tert-OH is 1. The molecule has 1 atom stereocenters. The zero-order valence-electron chi connectivity index (χ0n) is 11.3. The molecular formula is C17H17NO2. The molecule has 0 saturated carbocycles. The summed E-state index contributed by atoms with van der Waals surface area (Å²) in [6, 6.07) is 15.8. The fourth-order valence-corrected chi connectivity index (χ4v) is 2.38. The summed E-state index contributed by atoms with van der Waals surface area (Å²) in [4.78, 5) is 0. The minimum absolute atomic E-state index is 0.486. The van der Waals surface area contributed by atoms with E-state index in [1.54, 1.807) is 13.2 Å². The summed E-state index contributed by atoms with van der Waals surface area (Å²) in [6.07, 6.45) is 1.29. The van der Waals surface area contributed by atoms with Crippen molar-refractivity contribution >= 4 is 16.7 Å². The number of fused-ring (bicyclic) bond motifs is 1. The molecule has 3 rings (SSSR count). The van der Waals surface area contributed by atoms with Crippen LogP contribution in [0.4, 0.5) is 5.69 Å². The predicted molar refractivity (Wildman–Crippen MR) is 80.6 cm³/mol. The lowest BCUT2D eigenvalue weighted by molar-refractivity contribution is 0.200. The summed E-state index contributed by atoms with van der Waals surface area (Å²) in [6.45, 7) is 2.44. The Hall–Kier alpha value is -2.26. The van der Waals surface area contributed by atoms with Gasteiger partial charge in [-0.05, 0) is 19.1 Å². The number of para-hydroxylation sites is 2. The van der Waals surface area contributed by atoms with E-state index >= 15 is 0 Å². The molecule has 0 spiro atoms. The van der Waals surface area contributed by atoms with Crippen molar-refractivity contribution in [2.45, 2.75) is 19.6 Å². The predicted octanol–water partition coefficient (Wildman–Crippen LogP) is 4.10. The van der Waals surface area contributed by atoms with Crippen molar-refractivity contribution in [3.05, 3.63) is 65.9 Å². The van der Waals surface area contributed by atoms with E-state index in [0.29, 0.717) is 6.54 Å². The van der Waals surface area contributed by atoms with Gasteiger partial charge < -0.3 is 14.8 Å². The molecule has 0 saturated heterocycles. The Bertz CT molecular complexity index is 716. The van der Waals surface area contributed by atoms with Crippen LogP contribution in [0.2, 0.25) is 0 Å². The Kier molecular flexibility index (Phi) is 3.44. The second-order valence-electron chi connectivity index (χ2n) is 4.87. The molecule has 0 aliphatic carbocycles. The van der Waals surface area contributed by atoms with E-state index in [-0.39, 0.29) is 0 Å². The van der Waals surface area contributed by atoms with Gasteiger partial charge in [0.25, 0.3) is 0 Å². The zero-order valence-corrected chi connectivity index (χ0v) is 11.3. The van der Waals surface area contributed by atoms with E-state index in [1.165, 1.54) is 0 Å². The van der Waals surface area contributed by atoms with Crippen molar-refractivity contribution in [3.63, 3.8) is 0 Å². The molecule has 2 N–H and O–H groups in total. The maximum absolute atomic E-state index is 9.77. The van der Waals surface area contributed by atoms with E-state index in [1.807, 2.05) is 42.5 Å². The quantitative estimate of drug-likeness (QED) is 0.748. The molecule has 3 heteroatoms. The molecule has 0 fully saturated rings. The standard InChI is InChI=1S/C17H17NO2/c1-12(19)14-6-2-4-8-16(14)18-10-13-11-20-17-9-5-3-7-15(13)17/h2-9,11-12,18-19H,10H2,1H3. The highest BCUT2D eigenvalue weighted by atomic mass is 16.3. The zero-order chi connectivity index (χ0) is 13.9. The van der Waals surface area contributed by atoms with Crippen LogP contribution in [0.3, 0.4) is 0 Å². The lowest BCUT2D eigenvalue weighted by Crippen LogP contribution is -2.03.